The Balaban J connectivity index is 1.40. The van der Waals surface area contributed by atoms with E-state index >= 15 is 0 Å². The summed E-state index contributed by atoms with van der Waals surface area (Å²) in [6.45, 7) is 2.22. The Morgan fingerprint density at radius 2 is 1.60 bits per heavy atom. The minimum atomic E-state index is -0.440. The summed E-state index contributed by atoms with van der Waals surface area (Å²) in [6, 6.07) is 14.2. The zero-order chi connectivity index (χ0) is 25.1. The van der Waals surface area contributed by atoms with Crippen molar-refractivity contribution in [1.82, 2.24) is 18.7 Å². The highest BCUT2D eigenvalue weighted by atomic mass is 16.2. The van der Waals surface area contributed by atoms with Crippen LogP contribution in [0.5, 0.6) is 0 Å². The third-order valence-electron chi connectivity index (χ3n) is 5.91. The molecule has 0 radical (unpaired) electrons. The van der Waals surface area contributed by atoms with Gasteiger partial charge in [0, 0.05) is 44.0 Å². The van der Waals surface area contributed by atoms with E-state index in [0.717, 1.165) is 10.1 Å². The molecule has 0 spiro atoms. The Kier molecular flexibility index (Phi) is 6.63. The molecule has 0 saturated carbocycles. The molecule has 180 valence electrons. The van der Waals surface area contributed by atoms with Crippen molar-refractivity contribution in [2.75, 3.05) is 10.6 Å². The predicted octanol–water partition coefficient (Wildman–Crippen LogP) is 2.41. The monoisotopic (exact) mass is 474 g/mol. The summed E-state index contributed by atoms with van der Waals surface area (Å²) in [5.74, 6) is -0.419. The quantitative estimate of drug-likeness (QED) is 0.426. The van der Waals surface area contributed by atoms with E-state index in [9.17, 15) is 19.2 Å². The van der Waals surface area contributed by atoms with Crippen molar-refractivity contribution in [2.45, 2.75) is 26.3 Å². The fourth-order valence-electron chi connectivity index (χ4n) is 3.88. The van der Waals surface area contributed by atoms with Gasteiger partial charge in [-0.05, 0) is 43.2 Å². The SMILES string of the molecule is Cc1c(NC(=O)CCCn2cnc3c2c(=O)n(C)c(=O)n3C)cccc1NC(=O)c1ccccc1. The molecule has 0 saturated heterocycles. The second kappa shape index (κ2) is 9.80. The zero-order valence-corrected chi connectivity index (χ0v) is 19.7. The summed E-state index contributed by atoms with van der Waals surface area (Å²) in [6.07, 6.45) is 2.19. The number of carbonyl (C=O) groups excluding carboxylic acids is 2. The van der Waals surface area contributed by atoms with Crippen molar-refractivity contribution in [3.05, 3.63) is 86.8 Å². The van der Waals surface area contributed by atoms with E-state index in [0.29, 0.717) is 41.1 Å². The number of nitrogens with one attached hydrogen (secondary N) is 2. The standard InChI is InChI=1S/C25H26N6O4/c1-16-18(11-7-12-19(16)28-23(33)17-9-5-4-6-10-17)27-20(32)13-8-14-31-15-26-22-21(31)24(34)30(3)25(35)29(22)2/h4-7,9-12,15H,8,13-14H2,1-3H3,(H,27,32)(H,28,33). The molecule has 2 N–H and O–H groups in total. The van der Waals surface area contributed by atoms with Crippen molar-refractivity contribution >= 4 is 34.4 Å². The largest absolute Gasteiger partial charge is 0.332 e. The fraction of sp³-hybridized carbons (Fsp3) is 0.240. The Morgan fingerprint density at radius 1 is 0.914 bits per heavy atom. The van der Waals surface area contributed by atoms with Gasteiger partial charge in [0.05, 0.1) is 6.33 Å². The minimum Gasteiger partial charge on any atom is -0.326 e. The number of nitrogens with zero attached hydrogens (tertiary/aromatic N) is 4. The minimum absolute atomic E-state index is 0.190. The lowest BCUT2D eigenvalue weighted by atomic mass is 10.1. The van der Waals surface area contributed by atoms with Gasteiger partial charge < -0.3 is 15.2 Å². The van der Waals surface area contributed by atoms with Crippen LogP contribution >= 0.6 is 0 Å². The van der Waals surface area contributed by atoms with Crippen molar-refractivity contribution in [2.24, 2.45) is 14.1 Å². The highest BCUT2D eigenvalue weighted by Crippen LogP contribution is 2.24. The molecule has 0 aliphatic carbocycles. The molecule has 0 aliphatic rings. The third-order valence-corrected chi connectivity index (χ3v) is 5.91. The van der Waals surface area contributed by atoms with Gasteiger partial charge in [0.15, 0.2) is 11.2 Å². The lowest BCUT2D eigenvalue weighted by molar-refractivity contribution is -0.116. The first-order valence-corrected chi connectivity index (χ1v) is 11.1. The van der Waals surface area contributed by atoms with Crippen LogP contribution in [-0.4, -0.2) is 30.5 Å². The van der Waals surface area contributed by atoms with Crippen LogP contribution in [0.2, 0.25) is 0 Å². The van der Waals surface area contributed by atoms with Crippen LogP contribution in [0.25, 0.3) is 11.2 Å². The lowest BCUT2D eigenvalue weighted by Crippen LogP contribution is -2.37. The van der Waals surface area contributed by atoms with Crippen LogP contribution in [0, 0.1) is 6.92 Å². The summed E-state index contributed by atoms with van der Waals surface area (Å²) in [5.41, 5.74) is 2.29. The molecule has 0 fully saturated rings. The second-order valence-corrected chi connectivity index (χ2v) is 8.27. The number of aromatic nitrogens is 4. The van der Waals surface area contributed by atoms with E-state index in [1.807, 2.05) is 13.0 Å². The van der Waals surface area contributed by atoms with Crippen LogP contribution in [0.15, 0.2) is 64.4 Å². The average molecular weight is 475 g/mol. The van der Waals surface area contributed by atoms with E-state index in [2.05, 4.69) is 15.6 Å². The molecule has 2 amide bonds. The molecule has 10 nitrogen and oxygen atoms in total. The van der Waals surface area contributed by atoms with E-state index in [4.69, 9.17) is 0 Å². The summed E-state index contributed by atoms with van der Waals surface area (Å²) in [5, 5.41) is 5.77. The van der Waals surface area contributed by atoms with Gasteiger partial charge in [-0.2, -0.15) is 0 Å². The van der Waals surface area contributed by atoms with Gasteiger partial charge in [0.25, 0.3) is 11.5 Å². The molecule has 2 aromatic carbocycles. The molecular weight excluding hydrogens is 448 g/mol. The first kappa shape index (κ1) is 23.7. The number of rotatable bonds is 7. The molecule has 35 heavy (non-hydrogen) atoms. The van der Waals surface area contributed by atoms with Crippen LogP contribution < -0.4 is 21.9 Å². The third kappa shape index (κ3) is 4.77. The number of hydrogen-bond acceptors (Lipinski definition) is 5. The number of aryl methyl sites for hydroxylation is 2. The number of imidazole rings is 1. The number of fused-ring (bicyclic) bond motifs is 1. The molecular formula is C25H26N6O4. The molecule has 0 bridgehead atoms. The summed E-state index contributed by atoms with van der Waals surface area (Å²) in [4.78, 5) is 53.9. The van der Waals surface area contributed by atoms with Crippen LogP contribution in [-0.2, 0) is 25.4 Å². The van der Waals surface area contributed by atoms with E-state index in [1.165, 1.54) is 17.9 Å². The zero-order valence-electron chi connectivity index (χ0n) is 19.7. The average Bonchev–Trinajstić information content (AvgIpc) is 3.28. The Labute approximate surface area is 200 Å². The van der Waals surface area contributed by atoms with Crippen LogP contribution in [0.1, 0.15) is 28.8 Å². The molecule has 4 rings (SSSR count). The van der Waals surface area contributed by atoms with Gasteiger partial charge in [-0.15, -0.1) is 0 Å². The van der Waals surface area contributed by atoms with E-state index in [-0.39, 0.29) is 18.2 Å². The van der Waals surface area contributed by atoms with E-state index in [1.54, 1.807) is 54.1 Å². The first-order valence-electron chi connectivity index (χ1n) is 11.1. The summed E-state index contributed by atoms with van der Waals surface area (Å²) in [7, 11) is 2.99. The Bertz CT molecular complexity index is 1530. The van der Waals surface area contributed by atoms with E-state index < -0.39 is 11.2 Å². The van der Waals surface area contributed by atoms with Crippen molar-refractivity contribution in [3.8, 4) is 0 Å². The molecule has 10 heteroatoms. The van der Waals surface area contributed by atoms with Crippen LogP contribution in [0.3, 0.4) is 0 Å². The van der Waals surface area contributed by atoms with Crippen molar-refractivity contribution < 1.29 is 9.59 Å². The molecule has 4 aromatic rings. The summed E-state index contributed by atoms with van der Waals surface area (Å²) < 4.78 is 4.03. The smallest absolute Gasteiger partial charge is 0.326 e. The predicted molar refractivity (Wildman–Crippen MR) is 134 cm³/mol. The lowest BCUT2D eigenvalue weighted by Gasteiger charge is -2.14. The number of anilines is 2. The van der Waals surface area contributed by atoms with Gasteiger partial charge in [-0.1, -0.05) is 24.3 Å². The maximum absolute atomic E-state index is 12.6. The number of hydrogen-bond donors (Lipinski definition) is 2. The Hall–Kier alpha value is -4.47. The molecule has 0 aliphatic heterocycles. The van der Waals surface area contributed by atoms with Crippen molar-refractivity contribution in [1.29, 1.82) is 0 Å². The fourth-order valence-corrected chi connectivity index (χ4v) is 3.88. The Morgan fingerprint density at radius 3 is 2.31 bits per heavy atom. The molecule has 2 aromatic heterocycles. The van der Waals surface area contributed by atoms with Gasteiger partial charge >= 0.3 is 5.69 Å². The number of benzene rings is 2. The molecule has 0 unspecified atom stereocenters. The van der Waals surface area contributed by atoms with Gasteiger partial charge in [0.2, 0.25) is 5.91 Å². The number of amides is 2. The van der Waals surface area contributed by atoms with Gasteiger partial charge in [-0.3, -0.25) is 23.5 Å². The maximum Gasteiger partial charge on any atom is 0.332 e. The molecule has 0 atom stereocenters. The first-order chi connectivity index (χ1) is 16.8. The van der Waals surface area contributed by atoms with Gasteiger partial charge in [0.1, 0.15) is 0 Å². The van der Waals surface area contributed by atoms with Crippen molar-refractivity contribution in [3.63, 3.8) is 0 Å². The highest BCUT2D eigenvalue weighted by Gasteiger charge is 2.15. The second-order valence-electron chi connectivity index (χ2n) is 8.27. The summed E-state index contributed by atoms with van der Waals surface area (Å²) >= 11 is 0. The highest BCUT2D eigenvalue weighted by molar-refractivity contribution is 6.05. The normalized spacial score (nSPS) is 10.9. The molecule has 2 heterocycles. The van der Waals surface area contributed by atoms with Crippen LogP contribution in [0.4, 0.5) is 11.4 Å². The maximum atomic E-state index is 12.6. The number of carbonyl (C=O) groups is 2. The van der Waals surface area contributed by atoms with Gasteiger partial charge in [-0.25, -0.2) is 9.78 Å². The topological polar surface area (TPSA) is 120 Å².